The van der Waals surface area contributed by atoms with Crippen LogP contribution in [0.2, 0.25) is 5.02 Å². The first-order valence-electron chi connectivity index (χ1n) is 5.85. The van der Waals surface area contributed by atoms with Gasteiger partial charge in [0.15, 0.2) is 0 Å². The van der Waals surface area contributed by atoms with Gasteiger partial charge < -0.3 is 9.94 Å². The van der Waals surface area contributed by atoms with Crippen LogP contribution >= 0.6 is 11.6 Å². The van der Waals surface area contributed by atoms with Gasteiger partial charge in [-0.1, -0.05) is 41.0 Å². The molecule has 0 aliphatic heterocycles. The summed E-state index contributed by atoms with van der Waals surface area (Å²) in [6, 6.07) is 13.3. The quantitative estimate of drug-likeness (QED) is 0.520. The molecule has 0 aromatic heterocycles. The Morgan fingerprint density at radius 2 is 2.05 bits per heavy atom. The molecule has 2 rings (SSSR count). The van der Waals surface area contributed by atoms with E-state index in [1.54, 1.807) is 18.2 Å². The summed E-state index contributed by atoms with van der Waals surface area (Å²) in [6.07, 6.45) is 1.32. The molecule has 0 saturated heterocycles. The van der Waals surface area contributed by atoms with Crippen molar-refractivity contribution in [3.05, 3.63) is 64.2 Å². The Kier molecular flexibility index (Phi) is 4.42. The molecule has 0 amide bonds. The van der Waals surface area contributed by atoms with E-state index in [0.29, 0.717) is 17.4 Å². The Morgan fingerprint density at radius 1 is 1.26 bits per heavy atom. The van der Waals surface area contributed by atoms with Gasteiger partial charge in [-0.25, -0.2) is 0 Å². The zero-order valence-corrected chi connectivity index (χ0v) is 11.3. The van der Waals surface area contributed by atoms with Crippen LogP contribution in [-0.4, -0.2) is 11.4 Å². The summed E-state index contributed by atoms with van der Waals surface area (Å²) in [6.45, 7) is 2.51. The van der Waals surface area contributed by atoms with E-state index in [9.17, 15) is 0 Å². The number of ether oxygens (including phenoxy) is 1. The number of oxime groups is 1. The van der Waals surface area contributed by atoms with Gasteiger partial charge in [0.2, 0.25) is 0 Å². The fourth-order valence-electron chi connectivity index (χ4n) is 1.71. The van der Waals surface area contributed by atoms with Crippen molar-refractivity contribution in [2.75, 3.05) is 0 Å². The molecule has 0 heterocycles. The van der Waals surface area contributed by atoms with Gasteiger partial charge in [0, 0.05) is 0 Å². The van der Waals surface area contributed by atoms with Crippen molar-refractivity contribution in [1.82, 2.24) is 0 Å². The molecule has 0 unspecified atom stereocenters. The molecule has 4 heteroatoms. The number of hydrogen-bond donors (Lipinski definition) is 1. The lowest BCUT2D eigenvalue weighted by Gasteiger charge is -2.10. The molecular formula is C15H14ClNO2. The molecule has 0 saturated carbocycles. The van der Waals surface area contributed by atoms with Crippen LogP contribution in [0.15, 0.2) is 47.6 Å². The monoisotopic (exact) mass is 275 g/mol. The van der Waals surface area contributed by atoms with Crippen molar-refractivity contribution in [2.45, 2.75) is 13.5 Å². The lowest BCUT2D eigenvalue weighted by Crippen LogP contribution is -1.98. The predicted molar refractivity (Wildman–Crippen MR) is 76.3 cm³/mol. The Labute approximate surface area is 117 Å². The average molecular weight is 276 g/mol. The molecule has 0 bridgehead atoms. The van der Waals surface area contributed by atoms with E-state index in [4.69, 9.17) is 21.5 Å². The molecule has 2 aromatic rings. The summed E-state index contributed by atoms with van der Waals surface area (Å²) >= 11 is 6.10. The van der Waals surface area contributed by atoms with Crippen molar-refractivity contribution in [1.29, 1.82) is 0 Å². The number of benzene rings is 2. The standard InChI is InChI=1S/C15H14ClNO2/c1-11-4-2-3-5-13(11)10-19-15-7-6-12(9-17-18)8-14(15)16/h2-9,18H,10H2,1H3/b17-9-. The largest absolute Gasteiger partial charge is 0.487 e. The molecule has 0 aliphatic rings. The molecule has 2 aromatic carbocycles. The lowest BCUT2D eigenvalue weighted by atomic mass is 10.1. The summed E-state index contributed by atoms with van der Waals surface area (Å²) < 4.78 is 5.70. The molecule has 1 N–H and O–H groups in total. The van der Waals surface area contributed by atoms with E-state index in [2.05, 4.69) is 5.16 Å². The van der Waals surface area contributed by atoms with Gasteiger partial charge in [0.1, 0.15) is 12.4 Å². The van der Waals surface area contributed by atoms with E-state index in [0.717, 1.165) is 11.1 Å². The first-order valence-corrected chi connectivity index (χ1v) is 6.23. The van der Waals surface area contributed by atoms with Gasteiger partial charge in [-0.15, -0.1) is 0 Å². The fraction of sp³-hybridized carbons (Fsp3) is 0.133. The maximum absolute atomic E-state index is 8.46. The highest BCUT2D eigenvalue weighted by Crippen LogP contribution is 2.26. The summed E-state index contributed by atoms with van der Waals surface area (Å²) in [5, 5.41) is 11.9. The maximum Gasteiger partial charge on any atom is 0.138 e. The van der Waals surface area contributed by atoms with Crippen molar-refractivity contribution < 1.29 is 9.94 Å². The van der Waals surface area contributed by atoms with Crippen molar-refractivity contribution in [2.24, 2.45) is 5.16 Å². The van der Waals surface area contributed by atoms with Crippen LogP contribution in [0.3, 0.4) is 0 Å². The Morgan fingerprint density at radius 3 is 2.74 bits per heavy atom. The highest BCUT2D eigenvalue weighted by molar-refractivity contribution is 6.32. The van der Waals surface area contributed by atoms with Gasteiger partial charge in [0.05, 0.1) is 11.2 Å². The SMILES string of the molecule is Cc1ccccc1COc1ccc(/C=N\O)cc1Cl. The van der Waals surface area contributed by atoms with Gasteiger partial charge in [-0.3, -0.25) is 0 Å². The Balaban J connectivity index is 2.10. The van der Waals surface area contributed by atoms with Crippen molar-refractivity contribution in [3.63, 3.8) is 0 Å². The topological polar surface area (TPSA) is 41.8 Å². The van der Waals surface area contributed by atoms with Gasteiger partial charge in [-0.05, 0) is 41.8 Å². The predicted octanol–water partition coefficient (Wildman–Crippen LogP) is 4.04. The molecule has 0 fully saturated rings. The van der Waals surface area contributed by atoms with Crippen molar-refractivity contribution >= 4 is 17.8 Å². The van der Waals surface area contributed by atoms with E-state index in [1.165, 1.54) is 11.8 Å². The van der Waals surface area contributed by atoms with Gasteiger partial charge in [-0.2, -0.15) is 0 Å². The van der Waals surface area contributed by atoms with E-state index in [1.807, 2.05) is 31.2 Å². The first-order chi connectivity index (χ1) is 9.20. The number of aryl methyl sites for hydroxylation is 1. The average Bonchev–Trinajstić information content (AvgIpc) is 2.40. The lowest BCUT2D eigenvalue weighted by molar-refractivity contribution is 0.305. The number of nitrogens with zero attached hydrogens (tertiary/aromatic N) is 1. The highest BCUT2D eigenvalue weighted by atomic mass is 35.5. The number of rotatable bonds is 4. The van der Waals surface area contributed by atoms with E-state index >= 15 is 0 Å². The van der Waals surface area contributed by atoms with Crippen LogP contribution < -0.4 is 4.74 Å². The second-order valence-electron chi connectivity index (χ2n) is 4.15. The number of halogens is 1. The van der Waals surface area contributed by atoms with Crippen LogP contribution in [0.5, 0.6) is 5.75 Å². The van der Waals surface area contributed by atoms with Crippen LogP contribution in [0.25, 0.3) is 0 Å². The highest BCUT2D eigenvalue weighted by Gasteiger charge is 2.04. The van der Waals surface area contributed by atoms with E-state index < -0.39 is 0 Å². The Bertz CT molecular complexity index is 596. The minimum atomic E-state index is 0.472. The Hall–Kier alpha value is -2.00. The molecule has 0 atom stereocenters. The summed E-state index contributed by atoms with van der Waals surface area (Å²) in [7, 11) is 0. The molecular weight excluding hydrogens is 262 g/mol. The van der Waals surface area contributed by atoms with Crippen LogP contribution in [0.1, 0.15) is 16.7 Å². The van der Waals surface area contributed by atoms with Crippen LogP contribution in [0, 0.1) is 6.92 Å². The zero-order chi connectivity index (χ0) is 13.7. The van der Waals surface area contributed by atoms with Gasteiger partial charge in [0.25, 0.3) is 0 Å². The third-order valence-corrected chi connectivity index (χ3v) is 3.10. The van der Waals surface area contributed by atoms with Gasteiger partial charge >= 0.3 is 0 Å². The van der Waals surface area contributed by atoms with Crippen LogP contribution in [-0.2, 0) is 6.61 Å². The molecule has 98 valence electrons. The second-order valence-corrected chi connectivity index (χ2v) is 4.56. The molecule has 19 heavy (non-hydrogen) atoms. The summed E-state index contributed by atoms with van der Waals surface area (Å²) in [5.74, 6) is 0.611. The minimum absolute atomic E-state index is 0.472. The van der Waals surface area contributed by atoms with Crippen molar-refractivity contribution in [3.8, 4) is 5.75 Å². The molecule has 3 nitrogen and oxygen atoms in total. The number of hydrogen-bond acceptors (Lipinski definition) is 3. The third-order valence-electron chi connectivity index (χ3n) is 2.81. The third kappa shape index (κ3) is 3.48. The zero-order valence-electron chi connectivity index (χ0n) is 10.5. The molecule has 0 radical (unpaired) electrons. The molecule has 0 aliphatic carbocycles. The van der Waals surface area contributed by atoms with E-state index in [-0.39, 0.29) is 0 Å². The summed E-state index contributed by atoms with van der Waals surface area (Å²) in [5.41, 5.74) is 3.03. The second kappa shape index (κ2) is 6.25. The summed E-state index contributed by atoms with van der Waals surface area (Å²) in [4.78, 5) is 0. The minimum Gasteiger partial charge on any atom is -0.487 e. The van der Waals surface area contributed by atoms with Crippen LogP contribution in [0.4, 0.5) is 0 Å². The maximum atomic E-state index is 8.46. The molecule has 0 spiro atoms. The smallest absolute Gasteiger partial charge is 0.138 e. The first kappa shape index (κ1) is 13.4. The fourth-order valence-corrected chi connectivity index (χ4v) is 1.95. The normalized spacial score (nSPS) is 10.8.